The van der Waals surface area contributed by atoms with E-state index in [-0.39, 0.29) is 0 Å². The normalized spacial score (nSPS) is 16.1. The van der Waals surface area contributed by atoms with E-state index in [1.165, 1.54) is 64.3 Å². The minimum Gasteiger partial charge on any atom is -0.369 e. The molecule has 3 N–H and O–H groups in total. The van der Waals surface area contributed by atoms with Crippen LogP contribution in [0, 0.1) is 3.57 Å². The van der Waals surface area contributed by atoms with Crippen molar-refractivity contribution in [2.24, 2.45) is 0 Å². The SMILES string of the molecule is Brc1ccc(N2CCN(Cc3ccc4[nH]ccc4c3)CC2)cc1.Clc1ccc(N2CCN(Cc3ccc4[nH]ccc4c3)CC2)cc1Cl.Ic1ccc(N2CCN(Cc3ccc4[nH]ccc4c3)CC2)cc1. The second-order valence-electron chi connectivity index (χ2n) is 18.5. The van der Waals surface area contributed by atoms with Crippen molar-refractivity contribution >= 4 is 111 Å². The number of aromatic nitrogens is 3. The van der Waals surface area contributed by atoms with Gasteiger partial charge in [-0.1, -0.05) is 57.3 Å². The molecule has 12 rings (SSSR count). The molecule has 3 saturated heterocycles. The zero-order valence-corrected chi connectivity index (χ0v) is 44.6. The quantitative estimate of drug-likeness (QED) is 0.125. The summed E-state index contributed by atoms with van der Waals surface area (Å²) in [4.78, 5) is 24.7. The van der Waals surface area contributed by atoms with E-state index >= 15 is 0 Å². The van der Waals surface area contributed by atoms with Crippen LogP contribution >= 0.6 is 61.7 Å². The lowest BCUT2D eigenvalue weighted by atomic mass is 10.1. The molecule has 0 aliphatic carbocycles. The highest BCUT2D eigenvalue weighted by molar-refractivity contribution is 14.1. The molecule has 13 heteroatoms. The van der Waals surface area contributed by atoms with Gasteiger partial charge in [0.2, 0.25) is 0 Å². The number of aromatic amines is 3. The highest BCUT2D eigenvalue weighted by atomic mass is 127. The minimum atomic E-state index is 0.610. The van der Waals surface area contributed by atoms with Crippen LogP contribution in [-0.2, 0) is 19.6 Å². The summed E-state index contributed by atoms with van der Waals surface area (Å²) in [7, 11) is 0. The van der Waals surface area contributed by atoms with Crippen LogP contribution < -0.4 is 14.7 Å². The summed E-state index contributed by atoms with van der Waals surface area (Å²) in [5.74, 6) is 0. The predicted molar refractivity (Wildman–Crippen MR) is 307 cm³/mol. The van der Waals surface area contributed by atoms with Gasteiger partial charge in [0, 0.05) is 158 Å². The smallest absolute Gasteiger partial charge is 0.0612 e. The van der Waals surface area contributed by atoms with Crippen molar-refractivity contribution in [2.45, 2.75) is 19.6 Å². The van der Waals surface area contributed by atoms with Gasteiger partial charge in [0.15, 0.2) is 0 Å². The average molecular weight is 1150 g/mol. The van der Waals surface area contributed by atoms with Gasteiger partial charge >= 0.3 is 0 Å². The molecule has 3 aliphatic rings. The van der Waals surface area contributed by atoms with Crippen molar-refractivity contribution in [2.75, 3.05) is 93.2 Å². The molecule has 9 nitrogen and oxygen atoms in total. The first-order valence-corrected chi connectivity index (χ1v) is 26.9. The summed E-state index contributed by atoms with van der Waals surface area (Å²) < 4.78 is 2.44. The molecular weight excluding hydrogens is 1090 g/mol. The Bertz CT molecular complexity index is 2950. The molecule has 0 saturated carbocycles. The van der Waals surface area contributed by atoms with Crippen molar-refractivity contribution < 1.29 is 0 Å². The minimum absolute atomic E-state index is 0.610. The van der Waals surface area contributed by atoms with Crippen molar-refractivity contribution in [3.63, 3.8) is 0 Å². The molecule has 360 valence electrons. The second kappa shape index (κ2) is 23.0. The molecule has 3 fully saturated rings. The van der Waals surface area contributed by atoms with Gasteiger partial charge in [0.1, 0.15) is 0 Å². The number of hydrogen-bond acceptors (Lipinski definition) is 6. The number of piperazine rings is 3. The molecule has 3 aliphatic heterocycles. The van der Waals surface area contributed by atoms with Gasteiger partial charge in [-0.25, -0.2) is 0 Å². The van der Waals surface area contributed by atoms with Gasteiger partial charge < -0.3 is 29.7 Å². The molecule has 6 heterocycles. The first kappa shape index (κ1) is 48.6. The van der Waals surface area contributed by atoms with Crippen molar-refractivity contribution in [1.82, 2.24) is 29.7 Å². The zero-order chi connectivity index (χ0) is 47.8. The Kier molecular flexibility index (Phi) is 16.0. The summed E-state index contributed by atoms with van der Waals surface area (Å²) in [6.07, 6.45) is 6.00. The van der Waals surface area contributed by atoms with Crippen molar-refractivity contribution in [3.05, 3.63) is 193 Å². The van der Waals surface area contributed by atoms with Crippen LogP contribution in [0.2, 0.25) is 10.0 Å². The molecule has 0 spiro atoms. The molecule has 0 atom stereocenters. The Morgan fingerprint density at radius 3 is 1.13 bits per heavy atom. The van der Waals surface area contributed by atoms with Crippen LogP contribution in [0.4, 0.5) is 17.1 Å². The maximum atomic E-state index is 6.14. The monoisotopic (exact) mass is 1150 g/mol. The van der Waals surface area contributed by atoms with Crippen LogP contribution in [0.5, 0.6) is 0 Å². The number of hydrogen-bond donors (Lipinski definition) is 3. The molecule has 9 aromatic rings. The molecular formula is C57H59BrCl2IN9. The van der Waals surface area contributed by atoms with E-state index in [0.717, 1.165) is 108 Å². The van der Waals surface area contributed by atoms with Crippen LogP contribution in [0.15, 0.2) is 163 Å². The third-order valence-electron chi connectivity index (χ3n) is 13.8. The second-order valence-corrected chi connectivity index (χ2v) is 21.5. The number of fused-ring (bicyclic) bond motifs is 3. The van der Waals surface area contributed by atoms with Crippen LogP contribution in [0.1, 0.15) is 16.7 Å². The van der Waals surface area contributed by atoms with Gasteiger partial charge in [-0.3, -0.25) is 14.7 Å². The van der Waals surface area contributed by atoms with Gasteiger partial charge in [-0.15, -0.1) is 0 Å². The van der Waals surface area contributed by atoms with E-state index in [0.29, 0.717) is 10.0 Å². The largest absolute Gasteiger partial charge is 0.369 e. The topological polar surface area (TPSA) is 66.8 Å². The summed E-state index contributed by atoms with van der Waals surface area (Å²) >= 11 is 18.0. The van der Waals surface area contributed by atoms with Crippen LogP contribution in [0.3, 0.4) is 0 Å². The molecule has 0 unspecified atom stereocenters. The van der Waals surface area contributed by atoms with E-state index in [2.05, 4.69) is 204 Å². The van der Waals surface area contributed by atoms with Crippen molar-refractivity contribution in [1.29, 1.82) is 0 Å². The number of anilines is 3. The first-order valence-electron chi connectivity index (χ1n) is 24.3. The Morgan fingerprint density at radius 1 is 0.386 bits per heavy atom. The number of benzene rings is 6. The number of nitrogens with one attached hydrogen (secondary N) is 3. The third-order valence-corrected chi connectivity index (χ3v) is 15.8. The first-order chi connectivity index (χ1) is 34.2. The van der Waals surface area contributed by atoms with E-state index in [1.54, 1.807) is 0 Å². The summed E-state index contributed by atoms with van der Waals surface area (Å²) in [5.41, 5.74) is 11.6. The average Bonchev–Trinajstić information content (AvgIpc) is 4.18. The molecule has 0 radical (unpaired) electrons. The number of rotatable bonds is 9. The maximum Gasteiger partial charge on any atom is 0.0612 e. The highest BCUT2D eigenvalue weighted by Crippen LogP contribution is 2.29. The van der Waals surface area contributed by atoms with E-state index in [9.17, 15) is 0 Å². The Hall–Kier alpha value is -4.99. The predicted octanol–water partition coefficient (Wildman–Crippen LogP) is 13.1. The van der Waals surface area contributed by atoms with Gasteiger partial charge in [0.05, 0.1) is 10.0 Å². The van der Waals surface area contributed by atoms with Crippen molar-refractivity contribution in [3.8, 4) is 0 Å². The van der Waals surface area contributed by atoms with E-state index in [1.807, 2.05) is 36.8 Å². The zero-order valence-electron chi connectivity index (χ0n) is 39.3. The lowest BCUT2D eigenvalue weighted by Crippen LogP contribution is -2.45. The molecule has 70 heavy (non-hydrogen) atoms. The van der Waals surface area contributed by atoms with Gasteiger partial charge in [-0.05, 0) is 177 Å². The van der Waals surface area contributed by atoms with E-state index in [4.69, 9.17) is 23.2 Å². The van der Waals surface area contributed by atoms with Gasteiger partial charge in [-0.2, -0.15) is 0 Å². The number of halogens is 4. The summed E-state index contributed by atoms with van der Waals surface area (Å²) in [6, 6.07) is 49.9. The summed E-state index contributed by atoms with van der Waals surface area (Å²) in [5, 5.41) is 5.12. The number of H-pyrrole nitrogens is 3. The molecule has 3 aromatic heterocycles. The lowest BCUT2D eigenvalue weighted by Gasteiger charge is -2.36. The highest BCUT2D eigenvalue weighted by Gasteiger charge is 2.20. The Labute approximate surface area is 443 Å². The molecule has 0 bridgehead atoms. The van der Waals surface area contributed by atoms with Crippen LogP contribution in [0.25, 0.3) is 32.7 Å². The summed E-state index contributed by atoms with van der Waals surface area (Å²) in [6.45, 7) is 16.0. The standard InChI is InChI=1S/C19H20BrN3.C19H19Cl2N3.C19H20IN3/c20-17-2-4-18(5-3-17)23-11-9-22(10-12-23)14-15-1-6-19-16(13-15)7-8-21-19;20-17-3-2-16(12-18(17)21)24-9-7-23(8-10-24)13-14-1-4-19-15(11-14)5-6-22-19;20-17-2-4-18(5-3-17)23-11-9-22(10-12-23)14-15-1-6-19-16(13-15)7-8-21-19/h1-8,13,21H,9-12,14H2;1-6,11-12,22H,7-10,13H2;1-8,13,21H,9-12,14H2. The number of nitrogens with zero attached hydrogens (tertiary/aromatic N) is 6. The fraction of sp³-hybridized carbons (Fsp3) is 0.263. The maximum absolute atomic E-state index is 6.14. The Balaban J connectivity index is 0.000000122. The fourth-order valence-electron chi connectivity index (χ4n) is 9.86. The molecule has 0 amide bonds. The van der Waals surface area contributed by atoms with E-state index < -0.39 is 0 Å². The molecule has 6 aromatic carbocycles. The van der Waals surface area contributed by atoms with Crippen LogP contribution in [-0.4, -0.2) is 108 Å². The Morgan fingerprint density at radius 2 is 0.743 bits per heavy atom. The fourth-order valence-corrected chi connectivity index (χ4v) is 10.8. The third kappa shape index (κ3) is 12.5. The lowest BCUT2D eigenvalue weighted by molar-refractivity contribution is 0.250. The van der Waals surface area contributed by atoms with Gasteiger partial charge in [0.25, 0.3) is 0 Å².